The van der Waals surface area contributed by atoms with Crippen molar-refractivity contribution in [2.45, 2.75) is 45.2 Å². The molecule has 1 unspecified atom stereocenters. The maximum Gasteiger partial charge on any atom is 0.0643 e. The van der Waals surface area contributed by atoms with Crippen LogP contribution in [-0.2, 0) is 6.42 Å². The molecule has 0 amide bonds. The minimum atomic E-state index is 0.184. The average molecular weight is 306 g/mol. The zero-order valence-electron chi connectivity index (χ0n) is 13.0. The van der Waals surface area contributed by atoms with Crippen LogP contribution in [0, 0.1) is 0 Å². The standard InChI is InChI=1S/C17H24ClN3/c1-4-14(5-2)21-11-10-13(20-21)12-17(19-3)15-8-6-7-9-16(15)18/h6-11,14,17,19H,4-5,12H2,1-3H3. The summed E-state index contributed by atoms with van der Waals surface area (Å²) in [7, 11) is 1.96. The molecule has 114 valence electrons. The summed E-state index contributed by atoms with van der Waals surface area (Å²) in [5, 5.41) is 8.87. The van der Waals surface area contributed by atoms with Crippen LogP contribution in [0.1, 0.15) is 50.0 Å². The second kappa shape index (κ2) is 7.62. The van der Waals surface area contributed by atoms with E-state index in [1.54, 1.807) is 0 Å². The molecule has 2 rings (SSSR count). The van der Waals surface area contributed by atoms with Crippen LogP contribution in [0.3, 0.4) is 0 Å². The third-order valence-electron chi connectivity index (χ3n) is 4.02. The molecular formula is C17H24ClN3. The van der Waals surface area contributed by atoms with Crippen LogP contribution >= 0.6 is 11.6 Å². The smallest absolute Gasteiger partial charge is 0.0643 e. The molecule has 4 heteroatoms. The van der Waals surface area contributed by atoms with E-state index in [-0.39, 0.29) is 6.04 Å². The zero-order chi connectivity index (χ0) is 15.2. The van der Waals surface area contributed by atoms with Gasteiger partial charge >= 0.3 is 0 Å². The summed E-state index contributed by atoms with van der Waals surface area (Å²) >= 11 is 6.30. The lowest BCUT2D eigenvalue weighted by Gasteiger charge is -2.17. The van der Waals surface area contributed by atoms with E-state index < -0.39 is 0 Å². The van der Waals surface area contributed by atoms with Crippen LogP contribution in [0.15, 0.2) is 36.5 Å². The van der Waals surface area contributed by atoms with E-state index >= 15 is 0 Å². The van der Waals surface area contributed by atoms with Gasteiger partial charge < -0.3 is 5.32 Å². The Morgan fingerprint density at radius 3 is 2.52 bits per heavy atom. The first kappa shape index (κ1) is 16.1. The number of nitrogens with one attached hydrogen (secondary N) is 1. The number of rotatable bonds is 7. The molecule has 0 fully saturated rings. The van der Waals surface area contributed by atoms with Gasteiger partial charge in [-0.05, 0) is 37.6 Å². The maximum atomic E-state index is 6.30. The summed E-state index contributed by atoms with van der Waals surface area (Å²) in [5.74, 6) is 0. The number of hydrogen-bond acceptors (Lipinski definition) is 2. The molecule has 0 radical (unpaired) electrons. The highest BCUT2D eigenvalue weighted by molar-refractivity contribution is 6.31. The first-order valence-corrected chi connectivity index (χ1v) is 8.03. The Bertz CT molecular complexity index is 561. The summed E-state index contributed by atoms with van der Waals surface area (Å²) in [4.78, 5) is 0. The highest BCUT2D eigenvalue weighted by Gasteiger charge is 2.15. The van der Waals surface area contributed by atoms with Gasteiger partial charge in [0.25, 0.3) is 0 Å². The molecule has 0 bridgehead atoms. The molecule has 0 aliphatic carbocycles. The van der Waals surface area contributed by atoms with Gasteiger partial charge in [-0.2, -0.15) is 5.10 Å². The first-order valence-electron chi connectivity index (χ1n) is 7.65. The number of benzene rings is 1. The van der Waals surface area contributed by atoms with E-state index in [4.69, 9.17) is 16.7 Å². The predicted octanol–water partition coefficient (Wildman–Crippen LogP) is 4.40. The van der Waals surface area contributed by atoms with Crippen molar-refractivity contribution in [3.8, 4) is 0 Å². The van der Waals surface area contributed by atoms with Crippen LogP contribution in [0.4, 0.5) is 0 Å². The van der Waals surface area contributed by atoms with Crippen molar-refractivity contribution in [2.24, 2.45) is 0 Å². The van der Waals surface area contributed by atoms with Crippen molar-refractivity contribution in [1.29, 1.82) is 0 Å². The molecule has 0 aliphatic heterocycles. The number of hydrogen-bond donors (Lipinski definition) is 1. The van der Waals surface area contributed by atoms with Gasteiger partial charge in [0.2, 0.25) is 0 Å². The Labute approximate surface area is 132 Å². The molecule has 0 saturated heterocycles. The third kappa shape index (κ3) is 3.86. The van der Waals surface area contributed by atoms with E-state index in [1.807, 2.05) is 25.2 Å². The molecule has 1 aromatic carbocycles. The van der Waals surface area contributed by atoms with E-state index in [0.717, 1.165) is 35.5 Å². The van der Waals surface area contributed by atoms with Gasteiger partial charge in [0.05, 0.1) is 11.7 Å². The largest absolute Gasteiger partial charge is 0.313 e. The zero-order valence-corrected chi connectivity index (χ0v) is 13.8. The summed E-state index contributed by atoms with van der Waals surface area (Å²) < 4.78 is 2.09. The molecule has 0 saturated carbocycles. The van der Waals surface area contributed by atoms with Crippen molar-refractivity contribution < 1.29 is 0 Å². The molecule has 21 heavy (non-hydrogen) atoms. The Kier molecular flexibility index (Phi) is 5.83. The monoisotopic (exact) mass is 305 g/mol. The lowest BCUT2D eigenvalue weighted by molar-refractivity contribution is 0.423. The molecule has 1 heterocycles. The van der Waals surface area contributed by atoms with Gasteiger partial charge in [-0.1, -0.05) is 43.6 Å². The summed E-state index contributed by atoms with van der Waals surface area (Å²) in [6.07, 6.45) is 5.15. The van der Waals surface area contributed by atoms with Gasteiger partial charge in [0.1, 0.15) is 0 Å². The highest BCUT2D eigenvalue weighted by atomic mass is 35.5. The number of aromatic nitrogens is 2. The van der Waals surface area contributed by atoms with Gasteiger partial charge in [-0.3, -0.25) is 4.68 Å². The van der Waals surface area contributed by atoms with Gasteiger partial charge in [0, 0.05) is 23.7 Å². The van der Waals surface area contributed by atoms with E-state index in [0.29, 0.717) is 6.04 Å². The van der Waals surface area contributed by atoms with Crippen molar-refractivity contribution in [3.63, 3.8) is 0 Å². The fraction of sp³-hybridized carbons (Fsp3) is 0.471. The van der Waals surface area contributed by atoms with Crippen LogP contribution in [0.25, 0.3) is 0 Å². The minimum absolute atomic E-state index is 0.184. The Morgan fingerprint density at radius 1 is 1.19 bits per heavy atom. The lowest BCUT2D eigenvalue weighted by Crippen LogP contribution is -2.19. The van der Waals surface area contributed by atoms with E-state index in [9.17, 15) is 0 Å². The van der Waals surface area contributed by atoms with E-state index in [1.165, 1.54) is 0 Å². The molecule has 1 atom stereocenters. The van der Waals surface area contributed by atoms with Gasteiger partial charge in [0.15, 0.2) is 0 Å². The van der Waals surface area contributed by atoms with Crippen molar-refractivity contribution >= 4 is 11.6 Å². The maximum absolute atomic E-state index is 6.30. The van der Waals surface area contributed by atoms with E-state index in [2.05, 4.69) is 42.2 Å². The summed E-state index contributed by atoms with van der Waals surface area (Å²) in [6.45, 7) is 4.41. The summed E-state index contributed by atoms with van der Waals surface area (Å²) in [6, 6.07) is 10.8. The predicted molar refractivity (Wildman–Crippen MR) is 88.8 cm³/mol. The quantitative estimate of drug-likeness (QED) is 0.821. The number of likely N-dealkylation sites (N-methyl/N-ethyl adjacent to an activating group) is 1. The highest BCUT2D eigenvalue weighted by Crippen LogP contribution is 2.25. The van der Waals surface area contributed by atoms with Gasteiger partial charge in [-0.15, -0.1) is 0 Å². The molecule has 2 aromatic rings. The summed E-state index contributed by atoms with van der Waals surface area (Å²) in [5.41, 5.74) is 2.22. The first-order chi connectivity index (χ1) is 10.2. The topological polar surface area (TPSA) is 29.9 Å². The van der Waals surface area contributed by atoms with Crippen LogP contribution in [0.5, 0.6) is 0 Å². The number of halogens is 1. The van der Waals surface area contributed by atoms with Crippen LogP contribution in [-0.4, -0.2) is 16.8 Å². The minimum Gasteiger partial charge on any atom is -0.313 e. The lowest BCUT2D eigenvalue weighted by atomic mass is 10.0. The second-order valence-corrected chi connectivity index (χ2v) is 5.73. The third-order valence-corrected chi connectivity index (χ3v) is 4.37. The Morgan fingerprint density at radius 2 is 1.90 bits per heavy atom. The Balaban J connectivity index is 2.14. The van der Waals surface area contributed by atoms with Crippen LogP contribution < -0.4 is 5.32 Å². The average Bonchev–Trinajstić information content (AvgIpc) is 2.95. The molecule has 0 spiro atoms. The fourth-order valence-corrected chi connectivity index (χ4v) is 2.95. The molecule has 0 aliphatic rings. The molecule has 3 nitrogen and oxygen atoms in total. The van der Waals surface area contributed by atoms with Crippen molar-refractivity contribution in [1.82, 2.24) is 15.1 Å². The number of nitrogens with zero attached hydrogens (tertiary/aromatic N) is 2. The van der Waals surface area contributed by atoms with Crippen molar-refractivity contribution in [3.05, 3.63) is 52.8 Å². The molecule has 1 N–H and O–H groups in total. The Hall–Kier alpha value is -1.32. The molecular weight excluding hydrogens is 282 g/mol. The molecule has 1 aromatic heterocycles. The van der Waals surface area contributed by atoms with Crippen LogP contribution in [0.2, 0.25) is 5.02 Å². The van der Waals surface area contributed by atoms with Gasteiger partial charge in [-0.25, -0.2) is 0 Å². The fourth-order valence-electron chi connectivity index (χ4n) is 2.69. The normalized spacial score (nSPS) is 12.8. The van der Waals surface area contributed by atoms with Crippen molar-refractivity contribution in [2.75, 3.05) is 7.05 Å². The second-order valence-electron chi connectivity index (χ2n) is 5.32. The SMILES string of the molecule is CCC(CC)n1ccc(CC(NC)c2ccccc2Cl)n1.